The number of nitrogens with one attached hydrogen (secondary N) is 1. The minimum absolute atomic E-state index is 0.0202. The van der Waals surface area contributed by atoms with Crippen LogP contribution < -0.4 is 5.32 Å². The molecule has 0 heterocycles. The summed E-state index contributed by atoms with van der Waals surface area (Å²) >= 11 is 0. The standard InChI is InChI=1S/C16H15NO3/c18-14-8-6-13(15(19)10-14)7-9-16(20)17-11-12-4-2-1-3-5-12/h1-10,18-19H,11H2,(H,17,20)/b9-7+. The highest BCUT2D eigenvalue weighted by Gasteiger charge is 2.00. The lowest BCUT2D eigenvalue weighted by molar-refractivity contribution is -0.116. The second-order valence-electron chi connectivity index (χ2n) is 4.28. The molecule has 0 bridgehead atoms. The Morgan fingerprint density at radius 1 is 1.10 bits per heavy atom. The molecule has 2 aromatic rings. The van der Waals surface area contributed by atoms with Gasteiger partial charge in [0.15, 0.2) is 0 Å². The van der Waals surface area contributed by atoms with Crippen molar-refractivity contribution in [2.45, 2.75) is 6.54 Å². The Balaban J connectivity index is 1.92. The van der Waals surface area contributed by atoms with Crippen LogP contribution in [0.5, 0.6) is 11.5 Å². The summed E-state index contributed by atoms with van der Waals surface area (Å²) in [6, 6.07) is 13.8. The van der Waals surface area contributed by atoms with E-state index in [2.05, 4.69) is 5.32 Å². The van der Waals surface area contributed by atoms with Gasteiger partial charge in [0.25, 0.3) is 0 Å². The van der Waals surface area contributed by atoms with E-state index in [1.54, 1.807) is 0 Å². The number of hydrogen-bond acceptors (Lipinski definition) is 3. The van der Waals surface area contributed by atoms with Crippen molar-refractivity contribution in [1.29, 1.82) is 0 Å². The first-order chi connectivity index (χ1) is 9.65. The molecule has 20 heavy (non-hydrogen) atoms. The quantitative estimate of drug-likeness (QED) is 0.747. The lowest BCUT2D eigenvalue weighted by Crippen LogP contribution is -2.20. The van der Waals surface area contributed by atoms with E-state index in [0.29, 0.717) is 12.1 Å². The zero-order valence-corrected chi connectivity index (χ0v) is 10.8. The zero-order valence-electron chi connectivity index (χ0n) is 10.8. The van der Waals surface area contributed by atoms with Crippen LogP contribution in [0.1, 0.15) is 11.1 Å². The summed E-state index contributed by atoms with van der Waals surface area (Å²) in [5.41, 5.74) is 1.49. The molecule has 0 fully saturated rings. The lowest BCUT2D eigenvalue weighted by atomic mass is 10.1. The minimum Gasteiger partial charge on any atom is -0.508 e. The average Bonchev–Trinajstić information content (AvgIpc) is 2.45. The number of phenolic OH excluding ortho intramolecular Hbond substituents is 2. The number of hydrogen-bond donors (Lipinski definition) is 3. The van der Waals surface area contributed by atoms with Crippen molar-refractivity contribution in [1.82, 2.24) is 5.32 Å². The van der Waals surface area contributed by atoms with Gasteiger partial charge < -0.3 is 15.5 Å². The van der Waals surface area contributed by atoms with Crippen molar-refractivity contribution < 1.29 is 15.0 Å². The van der Waals surface area contributed by atoms with E-state index in [9.17, 15) is 9.90 Å². The molecule has 0 aromatic heterocycles. The molecule has 0 saturated carbocycles. The summed E-state index contributed by atoms with van der Waals surface area (Å²) in [6.07, 6.45) is 2.84. The van der Waals surface area contributed by atoms with E-state index in [1.165, 1.54) is 30.4 Å². The SMILES string of the molecule is O=C(/C=C/c1ccc(O)cc1O)NCc1ccccc1. The number of carbonyl (C=O) groups excluding carboxylic acids is 1. The number of phenols is 2. The van der Waals surface area contributed by atoms with Crippen LogP contribution in [0.3, 0.4) is 0 Å². The molecule has 3 N–H and O–H groups in total. The van der Waals surface area contributed by atoms with Gasteiger partial charge in [0.05, 0.1) is 0 Å². The molecule has 0 spiro atoms. The van der Waals surface area contributed by atoms with E-state index >= 15 is 0 Å². The molecule has 0 aliphatic rings. The Hall–Kier alpha value is -2.75. The predicted octanol–water partition coefficient (Wildman–Crippen LogP) is 2.43. The van der Waals surface area contributed by atoms with E-state index in [1.807, 2.05) is 30.3 Å². The van der Waals surface area contributed by atoms with Crippen molar-refractivity contribution in [2.24, 2.45) is 0 Å². The molecule has 2 aromatic carbocycles. The highest BCUT2D eigenvalue weighted by molar-refractivity contribution is 5.92. The van der Waals surface area contributed by atoms with Crippen LogP contribution in [-0.4, -0.2) is 16.1 Å². The maximum absolute atomic E-state index is 11.6. The fraction of sp³-hybridized carbons (Fsp3) is 0.0625. The van der Waals surface area contributed by atoms with Crippen LogP contribution >= 0.6 is 0 Å². The first-order valence-corrected chi connectivity index (χ1v) is 6.17. The Labute approximate surface area is 117 Å². The van der Waals surface area contributed by atoms with Crippen molar-refractivity contribution in [3.63, 3.8) is 0 Å². The van der Waals surface area contributed by atoms with Gasteiger partial charge in [-0.2, -0.15) is 0 Å². The van der Waals surface area contributed by atoms with Crippen molar-refractivity contribution >= 4 is 12.0 Å². The molecule has 0 aliphatic heterocycles. The Morgan fingerprint density at radius 3 is 2.55 bits per heavy atom. The third-order valence-corrected chi connectivity index (χ3v) is 2.74. The molecule has 0 aliphatic carbocycles. The smallest absolute Gasteiger partial charge is 0.244 e. The molecule has 0 radical (unpaired) electrons. The van der Waals surface area contributed by atoms with Gasteiger partial charge in [-0.3, -0.25) is 4.79 Å². The molecule has 0 unspecified atom stereocenters. The second kappa shape index (κ2) is 6.43. The van der Waals surface area contributed by atoms with Gasteiger partial charge in [-0.05, 0) is 23.8 Å². The Kier molecular flexibility index (Phi) is 4.39. The second-order valence-corrected chi connectivity index (χ2v) is 4.28. The first kappa shape index (κ1) is 13.7. The van der Waals surface area contributed by atoms with Crippen molar-refractivity contribution in [2.75, 3.05) is 0 Å². The average molecular weight is 269 g/mol. The summed E-state index contributed by atoms with van der Waals surface area (Å²) in [5, 5.41) is 21.5. The fourth-order valence-electron chi connectivity index (χ4n) is 1.68. The predicted molar refractivity (Wildman–Crippen MR) is 77.1 cm³/mol. The van der Waals surface area contributed by atoms with Crippen molar-refractivity contribution in [3.8, 4) is 11.5 Å². The van der Waals surface area contributed by atoms with Crippen LogP contribution in [-0.2, 0) is 11.3 Å². The van der Waals surface area contributed by atoms with E-state index in [0.717, 1.165) is 5.56 Å². The molecule has 2 rings (SSSR count). The Morgan fingerprint density at radius 2 is 1.85 bits per heavy atom. The molecule has 1 amide bonds. The van der Waals surface area contributed by atoms with Crippen LogP contribution in [0.4, 0.5) is 0 Å². The van der Waals surface area contributed by atoms with Gasteiger partial charge in [0.1, 0.15) is 11.5 Å². The monoisotopic (exact) mass is 269 g/mol. The first-order valence-electron chi connectivity index (χ1n) is 6.17. The lowest BCUT2D eigenvalue weighted by Gasteiger charge is -2.02. The van der Waals surface area contributed by atoms with Crippen LogP contribution in [0.2, 0.25) is 0 Å². The van der Waals surface area contributed by atoms with Gasteiger partial charge >= 0.3 is 0 Å². The number of aromatic hydroxyl groups is 2. The third kappa shape index (κ3) is 3.88. The normalized spacial score (nSPS) is 10.6. The number of amides is 1. The summed E-state index contributed by atoms with van der Waals surface area (Å²) in [7, 11) is 0. The number of rotatable bonds is 4. The van der Waals surface area contributed by atoms with Crippen LogP contribution in [0, 0.1) is 0 Å². The van der Waals surface area contributed by atoms with Crippen molar-refractivity contribution in [3.05, 3.63) is 65.7 Å². The van der Waals surface area contributed by atoms with Gasteiger partial charge in [-0.1, -0.05) is 30.3 Å². The zero-order chi connectivity index (χ0) is 14.4. The summed E-state index contributed by atoms with van der Waals surface area (Å²) in [4.78, 5) is 11.6. The fourth-order valence-corrected chi connectivity index (χ4v) is 1.68. The van der Waals surface area contributed by atoms with Gasteiger partial charge in [0.2, 0.25) is 5.91 Å². The van der Waals surface area contributed by atoms with E-state index in [4.69, 9.17) is 5.11 Å². The molecule has 0 saturated heterocycles. The summed E-state index contributed by atoms with van der Waals surface area (Å²) in [5.74, 6) is -0.341. The largest absolute Gasteiger partial charge is 0.508 e. The molecule has 0 atom stereocenters. The summed E-state index contributed by atoms with van der Waals surface area (Å²) < 4.78 is 0. The highest BCUT2D eigenvalue weighted by atomic mass is 16.3. The maximum Gasteiger partial charge on any atom is 0.244 e. The van der Waals surface area contributed by atoms with Gasteiger partial charge in [-0.15, -0.1) is 0 Å². The maximum atomic E-state index is 11.6. The molecule has 4 nitrogen and oxygen atoms in total. The third-order valence-electron chi connectivity index (χ3n) is 2.74. The summed E-state index contributed by atoms with van der Waals surface area (Å²) in [6.45, 7) is 0.450. The number of benzene rings is 2. The number of carbonyl (C=O) groups is 1. The molecular weight excluding hydrogens is 254 g/mol. The van der Waals surface area contributed by atoms with Crippen LogP contribution in [0.15, 0.2) is 54.6 Å². The Bertz CT molecular complexity index is 621. The topological polar surface area (TPSA) is 69.6 Å². The van der Waals surface area contributed by atoms with E-state index < -0.39 is 0 Å². The van der Waals surface area contributed by atoms with Gasteiger partial charge in [-0.25, -0.2) is 0 Å². The van der Waals surface area contributed by atoms with Crippen LogP contribution in [0.25, 0.3) is 6.08 Å². The molecular formula is C16H15NO3. The molecule has 4 heteroatoms. The van der Waals surface area contributed by atoms with E-state index in [-0.39, 0.29) is 17.4 Å². The van der Waals surface area contributed by atoms with Gasteiger partial charge in [0, 0.05) is 24.3 Å². The molecule has 102 valence electrons. The minimum atomic E-state index is -0.249. The highest BCUT2D eigenvalue weighted by Crippen LogP contribution is 2.23.